The summed E-state index contributed by atoms with van der Waals surface area (Å²) in [6.07, 6.45) is 4.42. The van der Waals surface area contributed by atoms with Gasteiger partial charge in [-0.05, 0) is 49.9 Å². The van der Waals surface area contributed by atoms with E-state index in [0.29, 0.717) is 6.04 Å². The fourth-order valence-corrected chi connectivity index (χ4v) is 2.21. The molecule has 1 amide bonds. The molecular formula is C15H21NO2. The molecule has 0 atom stereocenters. The number of phenolic OH excluding ortho intramolecular Hbond substituents is 1. The van der Waals surface area contributed by atoms with Gasteiger partial charge in [0.05, 0.1) is 0 Å². The lowest BCUT2D eigenvalue weighted by Gasteiger charge is -2.23. The topological polar surface area (TPSA) is 40.5 Å². The fourth-order valence-electron chi connectivity index (χ4n) is 2.21. The molecule has 0 saturated heterocycles. The Morgan fingerprint density at radius 2 is 2.17 bits per heavy atom. The van der Waals surface area contributed by atoms with E-state index in [-0.39, 0.29) is 11.7 Å². The first-order chi connectivity index (χ1) is 8.63. The van der Waals surface area contributed by atoms with Crippen molar-refractivity contribution in [3.8, 4) is 5.75 Å². The van der Waals surface area contributed by atoms with E-state index in [0.717, 1.165) is 43.4 Å². The second kappa shape index (κ2) is 5.42. The third-order valence-corrected chi connectivity index (χ3v) is 3.44. The number of benzene rings is 1. The average Bonchev–Trinajstić information content (AvgIpc) is 3.13. The lowest BCUT2D eigenvalue weighted by molar-refractivity contribution is 0.0740. The SMILES string of the molecule is CCCCN(C(=O)c1ccc(O)cc1C)C1CC1. The maximum atomic E-state index is 12.5. The quantitative estimate of drug-likeness (QED) is 0.868. The number of phenols is 1. The first-order valence-electron chi connectivity index (χ1n) is 6.74. The van der Waals surface area contributed by atoms with Crippen molar-refractivity contribution in [3.05, 3.63) is 29.3 Å². The van der Waals surface area contributed by atoms with Gasteiger partial charge in [-0.2, -0.15) is 0 Å². The number of aromatic hydroxyl groups is 1. The number of aryl methyl sites for hydroxylation is 1. The van der Waals surface area contributed by atoms with Crippen molar-refractivity contribution in [3.63, 3.8) is 0 Å². The Labute approximate surface area is 108 Å². The molecule has 3 heteroatoms. The first-order valence-corrected chi connectivity index (χ1v) is 6.74. The van der Waals surface area contributed by atoms with Gasteiger partial charge in [0.2, 0.25) is 0 Å². The predicted molar refractivity (Wildman–Crippen MR) is 71.8 cm³/mol. The number of amides is 1. The number of hydrogen-bond acceptors (Lipinski definition) is 2. The first kappa shape index (κ1) is 12.9. The smallest absolute Gasteiger partial charge is 0.254 e. The highest BCUT2D eigenvalue weighted by molar-refractivity contribution is 5.96. The molecule has 0 spiro atoms. The van der Waals surface area contributed by atoms with Gasteiger partial charge >= 0.3 is 0 Å². The summed E-state index contributed by atoms with van der Waals surface area (Å²) in [7, 11) is 0. The predicted octanol–water partition coefficient (Wildman–Crippen LogP) is 3.11. The molecule has 1 fully saturated rings. The third kappa shape index (κ3) is 2.84. The van der Waals surface area contributed by atoms with Crippen LogP contribution in [0.4, 0.5) is 0 Å². The van der Waals surface area contributed by atoms with Gasteiger partial charge in [0, 0.05) is 18.2 Å². The molecule has 1 N–H and O–H groups in total. The van der Waals surface area contributed by atoms with Gasteiger partial charge in [0.15, 0.2) is 0 Å². The Kier molecular flexibility index (Phi) is 3.90. The van der Waals surface area contributed by atoms with Crippen molar-refractivity contribution in [2.45, 2.75) is 45.6 Å². The monoisotopic (exact) mass is 247 g/mol. The molecule has 0 aliphatic heterocycles. The second-order valence-corrected chi connectivity index (χ2v) is 5.08. The third-order valence-electron chi connectivity index (χ3n) is 3.44. The van der Waals surface area contributed by atoms with E-state index >= 15 is 0 Å². The zero-order chi connectivity index (χ0) is 13.1. The minimum Gasteiger partial charge on any atom is -0.508 e. The minimum atomic E-state index is 0.114. The fraction of sp³-hybridized carbons (Fsp3) is 0.533. The molecule has 3 nitrogen and oxygen atoms in total. The zero-order valence-corrected chi connectivity index (χ0v) is 11.1. The van der Waals surface area contributed by atoms with Crippen LogP contribution in [0.15, 0.2) is 18.2 Å². The van der Waals surface area contributed by atoms with Crippen molar-refractivity contribution in [1.29, 1.82) is 0 Å². The number of hydrogen-bond donors (Lipinski definition) is 1. The number of carbonyl (C=O) groups is 1. The van der Waals surface area contributed by atoms with E-state index < -0.39 is 0 Å². The summed E-state index contributed by atoms with van der Waals surface area (Å²) < 4.78 is 0. The van der Waals surface area contributed by atoms with Crippen molar-refractivity contribution in [1.82, 2.24) is 4.90 Å². The molecular weight excluding hydrogens is 226 g/mol. The summed E-state index contributed by atoms with van der Waals surface area (Å²) in [4.78, 5) is 14.5. The van der Waals surface area contributed by atoms with Crippen molar-refractivity contribution in [2.75, 3.05) is 6.54 Å². The highest BCUT2D eigenvalue weighted by Gasteiger charge is 2.32. The van der Waals surface area contributed by atoms with E-state index in [1.54, 1.807) is 18.2 Å². The van der Waals surface area contributed by atoms with Crippen LogP contribution in [0.25, 0.3) is 0 Å². The van der Waals surface area contributed by atoms with E-state index in [1.165, 1.54) is 0 Å². The summed E-state index contributed by atoms with van der Waals surface area (Å²) >= 11 is 0. The minimum absolute atomic E-state index is 0.114. The summed E-state index contributed by atoms with van der Waals surface area (Å²) in [6, 6.07) is 5.41. The molecule has 18 heavy (non-hydrogen) atoms. The molecule has 0 radical (unpaired) electrons. The zero-order valence-electron chi connectivity index (χ0n) is 11.1. The summed E-state index contributed by atoms with van der Waals surface area (Å²) in [5.41, 5.74) is 1.57. The molecule has 1 saturated carbocycles. The number of unbranched alkanes of at least 4 members (excludes halogenated alkanes) is 1. The molecule has 1 aliphatic carbocycles. The van der Waals surface area contributed by atoms with Crippen LogP contribution in [-0.4, -0.2) is 28.5 Å². The molecule has 0 bridgehead atoms. The van der Waals surface area contributed by atoms with E-state index in [9.17, 15) is 9.90 Å². The van der Waals surface area contributed by atoms with Crippen molar-refractivity contribution < 1.29 is 9.90 Å². The lowest BCUT2D eigenvalue weighted by Crippen LogP contribution is -2.34. The van der Waals surface area contributed by atoms with Gasteiger partial charge in [0.1, 0.15) is 5.75 Å². The molecule has 1 aromatic carbocycles. The Balaban J connectivity index is 2.16. The average molecular weight is 247 g/mol. The van der Waals surface area contributed by atoms with E-state index in [4.69, 9.17) is 0 Å². The molecule has 0 heterocycles. The van der Waals surface area contributed by atoms with Gasteiger partial charge in [-0.1, -0.05) is 13.3 Å². The van der Waals surface area contributed by atoms with Crippen LogP contribution in [0.1, 0.15) is 48.5 Å². The van der Waals surface area contributed by atoms with E-state index in [2.05, 4.69) is 6.92 Å². The summed E-state index contributed by atoms with van der Waals surface area (Å²) in [5, 5.41) is 9.40. The number of rotatable bonds is 5. The van der Waals surface area contributed by atoms with Crippen molar-refractivity contribution >= 4 is 5.91 Å². The molecule has 1 aliphatic rings. The molecule has 0 unspecified atom stereocenters. The van der Waals surface area contributed by atoms with Crippen molar-refractivity contribution in [2.24, 2.45) is 0 Å². The molecule has 98 valence electrons. The van der Waals surface area contributed by atoms with Crippen LogP contribution in [-0.2, 0) is 0 Å². The van der Waals surface area contributed by atoms with Crippen LogP contribution in [0.2, 0.25) is 0 Å². The maximum absolute atomic E-state index is 12.5. The van der Waals surface area contributed by atoms with Gasteiger partial charge in [-0.3, -0.25) is 4.79 Å². The van der Waals surface area contributed by atoms with Crippen LogP contribution in [0.5, 0.6) is 5.75 Å². The van der Waals surface area contributed by atoms with Gasteiger partial charge in [-0.15, -0.1) is 0 Å². The van der Waals surface area contributed by atoms with Gasteiger partial charge in [-0.25, -0.2) is 0 Å². The van der Waals surface area contributed by atoms with Gasteiger partial charge < -0.3 is 10.0 Å². The second-order valence-electron chi connectivity index (χ2n) is 5.08. The standard InChI is InChI=1S/C15H21NO2/c1-3-4-9-16(12-5-6-12)15(18)14-8-7-13(17)10-11(14)2/h7-8,10,12,17H,3-6,9H2,1-2H3. The molecule has 2 rings (SSSR count). The molecule has 1 aromatic rings. The van der Waals surface area contributed by atoms with Crippen LogP contribution < -0.4 is 0 Å². The van der Waals surface area contributed by atoms with E-state index in [1.807, 2.05) is 11.8 Å². The maximum Gasteiger partial charge on any atom is 0.254 e. The Morgan fingerprint density at radius 1 is 1.44 bits per heavy atom. The molecule has 0 aromatic heterocycles. The summed E-state index contributed by atoms with van der Waals surface area (Å²) in [6.45, 7) is 4.86. The number of nitrogens with zero attached hydrogens (tertiary/aromatic N) is 1. The van der Waals surface area contributed by atoms with Crippen LogP contribution >= 0.6 is 0 Å². The largest absolute Gasteiger partial charge is 0.508 e. The summed E-state index contributed by atoms with van der Waals surface area (Å²) in [5.74, 6) is 0.332. The highest BCUT2D eigenvalue weighted by Crippen LogP contribution is 2.29. The van der Waals surface area contributed by atoms with Gasteiger partial charge in [0.25, 0.3) is 5.91 Å². The normalized spacial score (nSPS) is 14.6. The van der Waals surface area contributed by atoms with Crippen LogP contribution in [0, 0.1) is 6.92 Å². The Bertz CT molecular complexity index is 438. The highest BCUT2D eigenvalue weighted by atomic mass is 16.3. The van der Waals surface area contributed by atoms with Crippen LogP contribution in [0.3, 0.4) is 0 Å². The number of carbonyl (C=O) groups excluding carboxylic acids is 1. The lowest BCUT2D eigenvalue weighted by atomic mass is 10.1. The Morgan fingerprint density at radius 3 is 2.72 bits per heavy atom. The Hall–Kier alpha value is -1.51.